The summed E-state index contributed by atoms with van der Waals surface area (Å²) in [6, 6.07) is 10.4. The van der Waals surface area contributed by atoms with Gasteiger partial charge in [0.25, 0.3) is 0 Å². The monoisotopic (exact) mass is 328 g/mol. The van der Waals surface area contributed by atoms with Crippen molar-refractivity contribution in [1.29, 1.82) is 0 Å². The second kappa shape index (κ2) is 10.3. The van der Waals surface area contributed by atoms with Crippen molar-refractivity contribution in [1.82, 2.24) is 10.2 Å². The van der Waals surface area contributed by atoms with Gasteiger partial charge in [-0.1, -0.05) is 55.3 Å². The summed E-state index contributed by atoms with van der Waals surface area (Å²) in [5, 5.41) is 3.41. The summed E-state index contributed by atoms with van der Waals surface area (Å²) in [7, 11) is 0. The molecule has 1 aromatic carbocycles. The van der Waals surface area contributed by atoms with Crippen molar-refractivity contribution in [3.05, 3.63) is 41.5 Å². The van der Waals surface area contributed by atoms with Gasteiger partial charge in [-0.05, 0) is 50.8 Å². The quantitative estimate of drug-likeness (QED) is 0.779. The van der Waals surface area contributed by atoms with E-state index in [2.05, 4.69) is 54.4 Å². The van der Waals surface area contributed by atoms with Crippen LogP contribution >= 0.6 is 0 Å². The predicted molar refractivity (Wildman–Crippen MR) is 102 cm³/mol. The number of nitrogens with zero attached hydrogens (tertiary/aromatic N) is 1. The van der Waals surface area contributed by atoms with Crippen LogP contribution in [-0.2, 0) is 4.79 Å². The first-order valence-corrected chi connectivity index (χ1v) is 9.39. The van der Waals surface area contributed by atoms with Gasteiger partial charge in [0.05, 0.1) is 0 Å². The third-order valence-corrected chi connectivity index (χ3v) is 4.69. The van der Waals surface area contributed by atoms with E-state index < -0.39 is 0 Å². The summed E-state index contributed by atoms with van der Waals surface area (Å²) in [5.41, 5.74) is 2.46. The fourth-order valence-corrected chi connectivity index (χ4v) is 3.30. The molecule has 3 nitrogen and oxygen atoms in total. The van der Waals surface area contributed by atoms with E-state index in [1.165, 1.54) is 24.0 Å². The smallest absolute Gasteiger partial charge is 0.222 e. The van der Waals surface area contributed by atoms with Crippen LogP contribution < -0.4 is 5.32 Å². The summed E-state index contributed by atoms with van der Waals surface area (Å²) in [5.74, 6) is 0.956. The van der Waals surface area contributed by atoms with Crippen molar-refractivity contribution < 1.29 is 4.79 Å². The van der Waals surface area contributed by atoms with E-state index in [-0.39, 0.29) is 0 Å². The topological polar surface area (TPSA) is 32.3 Å². The molecule has 0 aliphatic carbocycles. The van der Waals surface area contributed by atoms with Gasteiger partial charge >= 0.3 is 0 Å². The molecule has 0 bridgehead atoms. The molecule has 2 rings (SSSR count). The predicted octanol–water partition coefficient (Wildman–Crippen LogP) is 4.11. The van der Waals surface area contributed by atoms with Crippen LogP contribution in [0.25, 0.3) is 6.08 Å². The summed E-state index contributed by atoms with van der Waals surface area (Å²) in [4.78, 5) is 14.7. The lowest BCUT2D eigenvalue weighted by Gasteiger charge is -2.30. The number of carbonyl (C=O) groups excluding carboxylic acids is 1. The minimum atomic E-state index is 0.316. The van der Waals surface area contributed by atoms with Crippen LogP contribution in [-0.4, -0.2) is 37.0 Å². The molecule has 1 fully saturated rings. The molecule has 0 atom stereocenters. The molecule has 1 aromatic rings. The number of piperidine rings is 1. The minimum Gasteiger partial charge on any atom is -0.338 e. The van der Waals surface area contributed by atoms with E-state index in [1.54, 1.807) is 0 Å². The number of hydrogen-bond donors (Lipinski definition) is 1. The Labute approximate surface area is 147 Å². The zero-order valence-corrected chi connectivity index (χ0v) is 15.3. The highest BCUT2D eigenvalue weighted by molar-refractivity contribution is 5.76. The Balaban J connectivity index is 2.00. The van der Waals surface area contributed by atoms with Gasteiger partial charge in [-0.3, -0.25) is 4.79 Å². The lowest BCUT2D eigenvalue weighted by Crippen LogP contribution is -2.40. The van der Waals surface area contributed by atoms with Gasteiger partial charge in [0.1, 0.15) is 0 Å². The zero-order chi connectivity index (χ0) is 17.2. The third kappa shape index (κ3) is 6.48. The van der Waals surface area contributed by atoms with E-state index in [4.69, 9.17) is 0 Å². The average Bonchev–Trinajstić information content (AvgIpc) is 2.61. The van der Waals surface area contributed by atoms with E-state index in [0.717, 1.165) is 39.0 Å². The van der Waals surface area contributed by atoms with Crippen molar-refractivity contribution in [2.45, 2.75) is 46.0 Å². The molecule has 3 heteroatoms. The maximum Gasteiger partial charge on any atom is 0.222 e. The van der Waals surface area contributed by atoms with E-state index >= 15 is 0 Å². The molecule has 0 spiro atoms. The molecular formula is C21H32N2O. The Bertz CT molecular complexity index is 518. The number of unbranched alkanes of at least 4 members (excludes halogenated alkanes) is 1. The maximum atomic E-state index is 12.6. The number of carbonyl (C=O) groups is 1. The fourth-order valence-electron chi connectivity index (χ4n) is 3.30. The molecule has 0 radical (unpaired) electrons. The van der Waals surface area contributed by atoms with Crippen molar-refractivity contribution in [3.8, 4) is 0 Å². The minimum absolute atomic E-state index is 0.316. The second-order valence-electron chi connectivity index (χ2n) is 6.97. The second-order valence-corrected chi connectivity index (χ2v) is 6.97. The molecule has 0 unspecified atom stereocenters. The van der Waals surface area contributed by atoms with Gasteiger partial charge in [-0.2, -0.15) is 0 Å². The number of hydrogen-bond acceptors (Lipinski definition) is 2. The van der Waals surface area contributed by atoms with Crippen LogP contribution in [0.1, 0.15) is 51.5 Å². The first-order chi connectivity index (χ1) is 11.7. The summed E-state index contributed by atoms with van der Waals surface area (Å²) < 4.78 is 0. The molecule has 1 aliphatic heterocycles. The van der Waals surface area contributed by atoms with Crippen molar-refractivity contribution in [3.63, 3.8) is 0 Å². The highest BCUT2D eigenvalue weighted by Crippen LogP contribution is 2.17. The molecule has 0 aromatic heterocycles. The van der Waals surface area contributed by atoms with E-state index in [1.807, 2.05) is 6.07 Å². The number of rotatable bonds is 8. The first-order valence-electron chi connectivity index (χ1n) is 9.39. The van der Waals surface area contributed by atoms with Crippen molar-refractivity contribution in [2.75, 3.05) is 26.2 Å². The molecule has 1 N–H and O–H groups in total. The molecule has 1 amide bonds. The number of benzene rings is 1. The zero-order valence-electron chi connectivity index (χ0n) is 15.3. The Hall–Kier alpha value is -1.61. The van der Waals surface area contributed by atoms with Gasteiger partial charge in [0, 0.05) is 19.5 Å². The maximum absolute atomic E-state index is 12.6. The van der Waals surface area contributed by atoms with Crippen LogP contribution in [0, 0.1) is 5.92 Å². The molecule has 132 valence electrons. The lowest BCUT2D eigenvalue weighted by molar-refractivity contribution is -0.131. The van der Waals surface area contributed by atoms with Gasteiger partial charge in [-0.25, -0.2) is 0 Å². The number of nitrogens with one attached hydrogen (secondary N) is 1. The highest BCUT2D eigenvalue weighted by atomic mass is 16.2. The summed E-state index contributed by atoms with van der Waals surface area (Å²) in [6.45, 7) is 8.10. The number of amides is 1. The summed E-state index contributed by atoms with van der Waals surface area (Å²) in [6.07, 6.45) is 7.30. The van der Waals surface area contributed by atoms with Crippen molar-refractivity contribution >= 4 is 12.0 Å². The standard InChI is InChI=1S/C21H32N2O/c1-3-4-10-21(24)23(17-20-11-13-22-14-12-20)16-18(2)15-19-8-6-5-7-9-19/h5-9,15,20,22H,3-4,10-14,16-17H2,1-2H3/b18-15+. The Morgan fingerprint density at radius 2 is 1.96 bits per heavy atom. The third-order valence-electron chi connectivity index (χ3n) is 4.69. The molecule has 1 aliphatic rings. The average molecular weight is 329 g/mol. The van der Waals surface area contributed by atoms with Crippen LogP contribution in [0.3, 0.4) is 0 Å². The van der Waals surface area contributed by atoms with Crippen LogP contribution in [0.4, 0.5) is 0 Å². The van der Waals surface area contributed by atoms with Crippen LogP contribution in [0.5, 0.6) is 0 Å². The molecule has 1 saturated heterocycles. The van der Waals surface area contributed by atoms with Gasteiger partial charge in [0.15, 0.2) is 0 Å². The van der Waals surface area contributed by atoms with E-state index in [9.17, 15) is 4.79 Å². The first kappa shape index (κ1) is 18.7. The molecule has 24 heavy (non-hydrogen) atoms. The van der Waals surface area contributed by atoms with Crippen LogP contribution in [0.15, 0.2) is 35.9 Å². The van der Waals surface area contributed by atoms with Gasteiger partial charge in [0.2, 0.25) is 5.91 Å². The van der Waals surface area contributed by atoms with Gasteiger partial charge < -0.3 is 10.2 Å². The molecule has 1 heterocycles. The SMILES string of the molecule is CCCCC(=O)N(C/C(C)=C/c1ccccc1)CC1CCNCC1. The van der Waals surface area contributed by atoms with E-state index in [0.29, 0.717) is 18.2 Å². The Kier molecular flexibility index (Phi) is 8.03. The van der Waals surface area contributed by atoms with Crippen LogP contribution in [0.2, 0.25) is 0 Å². The lowest BCUT2D eigenvalue weighted by atomic mass is 9.97. The van der Waals surface area contributed by atoms with Crippen molar-refractivity contribution in [2.24, 2.45) is 5.92 Å². The summed E-state index contributed by atoms with van der Waals surface area (Å²) >= 11 is 0. The van der Waals surface area contributed by atoms with Gasteiger partial charge in [-0.15, -0.1) is 0 Å². The largest absolute Gasteiger partial charge is 0.338 e. The highest BCUT2D eigenvalue weighted by Gasteiger charge is 2.20. The normalized spacial score (nSPS) is 16.2. The molecular weight excluding hydrogens is 296 g/mol. The Morgan fingerprint density at radius 1 is 1.25 bits per heavy atom. The Morgan fingerprint density at radius 3 is 2.62 bits per heavy atom. The molecule has 0 saturated carbocycles. The fraction of sp³-hybridized carbons (Fsp3) is 0.571.